The van der Waals surface area contributed by atoms with Crippen LogP contribution in [0.4, 0.5) is 5.69 Å². The molecule has 0 spiro atoms. The lowest BCUT2D eigenvalue weighted by molar-refractivity contribution is -0.111. The van der Waals surface area contributed by atoms with Gasteiger partial charge in [0.15, 0.2) is 0 Å². The van der Waals surface area contributed by atoms with E-state index in [1.807, 2.05) is 30.3 Å². The van der Waals surface area contributed by atoms with Crippen LogP contribution in [0.3, 0.4) is 0 Å². The molecular formula is C18H15NO2. The molecule has 0 heterocycles. The topological polar surface area (TPSA) is 38.3 Å². The van der Waals surface area contributed by atoms with Gasteiger partial charge in [0.05, 0.1) is 7.11 Å². The van der Waals surface area contributed by atoms with Gasteiger partial charge in [-0.1, -0.05) is 24.1 Å². The summed E-state index contributed by atoms with van der Waals surface area (Å²) < 4.78 is 5.08. The van der Waals surface area contributed by atoms with Crippen LogP contribution in [0.2, 0.25) is 0 Å². The van der Waals surface area contributed by atoms with Gasteiger partial charge in [-0.2, -0.15) is 0 Å². The third kappa shape index (κ3) is 4.26. The molecule has 2 rings (SSSR count). The summed E-state index contributed by atoms with van der Waals surface area (Å²) in [6, 6.07) is 14.6. The Hall–Kier alpha value is -2.99. The van der Waals surface area contributed by atoms with Crippen molar-refractivity contribution in [2.75, 3.05) is 12.4 Å². The van der Waals surface area contributed by atoms with Crippen molar-refractivity contribution >= 4 is 17.7 Å². The lowest BCUT2D eigenvalue weighted by Gasteiger charge is -2.02. The highest BCUT2D eigenvalue weighted by Crippen LogP contribution is 2.13. The van der Waals surface area contributed by atoms with Crippen molar-refractivity contribution in [3.63, 3.8) is 0 Å². The van der Waals surface area contributed by atoms with Crippen LogP contribution in [-0.2, 0) is 4.79 Å². The van der Waals surface area contributed by atoms with Crippen LogP contribution in [0.15, 0.2) is 54.6 Å². The number of hydrogen-bond acceptors (Lipinski definition) is 2. The van der Waals surface area contributed by atoms with E-state index in [1.165, 1.54) is 6.08 Å². The molecule has 0 aliphatic rings. The van der Waals surface area contributed by atoms with E-state index in [0.717, 1.165) is 16.9 Å². The van der Waals surface area contributed by atoms with E-state index >= 15 is 0 Å². The largest absolute Gasteiger partial charge is 0.497 e. The summed E-state index contributed by atoms with van der Waals surface area (Å²) in [5.74, 6) is 3.10. The Morgan fingerprint density at radius 3 is 2.67 bits per heavy atom. The normalized spacial score (nSPS) is 10.1. The summed E-state index contributed by atoms with van der Waals surface area (Å²) in [5.41, 5.74) is 2.32. The molecule has 3 nitrogen and oxygen atoms in total. The predicted molar refractivity (Wildman–Crippen MR) is 85.0 cm³/mol. The smallest absolute Gasteiger partial charge is 0.248 e. The van der Waals surface area contributed by atoms with Crippen molar-refractivity contribution in [2.24, 2.45) is 0 Å². The van der Waals surface area contributed by atoms with Crippen LogP contribution in [0, 0.1) is 12.3 Å². The van der Waals surface area contributed by atoms with Crippen molar-refractivity contribution in [1.29, 1.82) is 0 Å². The maximum absolute atomic E-state index is 11.8. The standard InChI is InChI=1S/C18H15NO2/c1-3-14-5-4-6-16(13-14)19-18(20)12-9-15-7-10-17(21-2)11-8-15/h1,4-13H,2H3,(H,19,20)/b12-9-. The fourth-order valence-electron chi connectivity index (χ4n) is 1.76. The second-order valence-electron chi connectivity index (χ2n) is 4.32. The van der Waals surface area contributed by atoms with Crippen molar-refractivity contribution in [3.05, 3.63) is 65.7 Å². The number of carbonyl (C=O) groups is 1. The first kappa shape index (κ1) is 14.4. The molecule has 0 radical (unpaired) electrons. The van der Waals surface area contributed by atoms with E-state index < -0.39 is 0 Å². The van der Waals surface area contributed by atoms with E-state index in [-0.39, 0.29) is 5.91 Å². The molecule has 2 aromatic carbocycles. The minimum Gasteiger partial charge on any atom is -0.497 e. The summed E-state index contributed by atoms with van der Waals surface area (Å²) in [6.45, 7) is 0. The average Bonchev–Trinajstić information content (AvgIpc) is 2.53. The molecule has 0 saturated carbocycles. The number of amides is 1. The third-order valence-electron chi connectivity index (χ3n) is 2.84. The number of methoxy groups -OCH3 is 1. The highest BCUT2D eigenvalue weighted by molar-refractivity contribution is 6.02. The van der Waals surface area contributed by atoms with Gasteiger partial charge in [-0.25, -0.2) is 0 Å². The maximum Gasteiger partial charge on any atom is 0.248 e. The van der Waals surface area contributed by atoms with Gasteiger partial charge in [0.2, 0.25) is 5.91 Å². The first-order chi connectivity index (χ1) is 10.2. The summed E-state index contributed by atoms with van der Waals surface area (Å²) >= 11 is 0. The van der Waals surface area contributed by atoms with E-state index in [1.54, 1.807) is 31.4 Å². The van der Waals surface area contributed by atoms with Gasteiger partial charge >= 0.3 is 0 Å². The maximum atomic E-state index is 11.8. The fourth-order valence-corrected chi connectivity index (χ4v) is 1.76. The monoisotopic (exact) mass is 277 g/mol. The van der Waals surface area contributed by atoms with E-state index in [9.17, 15) is 4.79 Å². The lowest BCUT2D eigenvalue weighted by atomic mass is 10.2. The molecule has 0 aliphatic carbocycles. The third-order valence-corrected chi connectivity index (χ3v) is 2.84. The highest BCUT2D eigenvalue weighted by Gasteiger charge is 1.98. The lowest BCUT2D eigenvalue weighted by Crippen LogP contribution is -2.07. The Balaban J connectivity index is 2.00. The number of rotatable bonds is 4. The van der Waals surface area contributed by atoms with Gasteiger partial charge in [-0.05, 0) is 42.0 Å². The number of ether oxygens (including phenoxy) is 1. The molecule has 0 fully saturated rings. The van der Waals surface area contributed by atoms with Crippen molar-refractivity contribution in [1.82, 2.24) is 0 Å². The molecule has 104 valence electrons. The van der Waals surface area contributed by atoms with E-state index in [0.29, 0.717) is 5.69 Å². The molecule has 21 heavy (non-hydrogen) atoms. The highest BCUT2D eigenvalue weighted by atomic mass is 16.5. The first-order valence-corrected chi connectivity index (χ1v) is 6.41. The molecule has 2 aromatic rings. The van der Waals surface area contributed by atoms with Gasteiger partial charge < -0.3 is 10.1 Å². The van der Waals surface area contributed by atoms with Gasteiger partial charge in [0.25, 0.3) is 0 Å². The van der Waals surface area contributed by atoms with Crippen molar-refractivity contribution in [3.8, 4) is 18.1 Å². The zero-order valence-corrected chi connectivity index (χ0v) is 11.7. The molecule has 0 aromatic heterocycles. The van der Waals surface area contributed by atoms with Crippen LogP contribution < -0.4 is 10.1 Å². The molecule has 1 amide bonds. The Kier molecular flexibility index (Phi) is 4.79. The molecular weight excluding hydrogens is 262 g/mol. The van der Waals surface area contributed by atoms with Gasteiger partial charge in [0, 0.05) is 17.3 Å². The van der Waals surface area contributed by atoms with Crippen LogP contribution in [0.1, 0.15) is 11.1 Å². The van der Waals surface area contributed by atoms with E-state index in [2.05, 4.69) is 11.2 Å². The number of hydrogen-bond donors (Lipinski definition) is 1. The second-order valence-corrected chi connectivity index (χ2v) is 4.32. The van der Waals surface area contributed by atoms with Crippen molar-refractivity contribution < 1.29 is 9.53 Å². The number of terminal acetylenes is 1. The predicted octanol–water partition coefficient (Wildman–Crippen LogP) is 3.33. The van der Waals surface area contributed by atoms with Crippen LogP contribution in [0.25, 0.3) is 6.08 Å². The second kappa shape index (κ2) is 6.97. The van der Waals surface area contributed by atoms with Crippen LogP contribution >= 0.6 is 0 Å². The molecule has 0 atom stereocenters. The molecule has 3 heteroatoms. The zero-order chi connectivity index (χ0) is 15.1. The number of carbonyl (C=O) groups excluding carboxylic acids is 1. The molecule has 0 unspecified atom stereocenters. The summed E-state index contributed by atoms with van der Waals surface area (Å²) in [4.78, 5) is 11.8. The quantitative estimate of drug-likeness (QED) is 0.687. The number of benzene rings is 2. The Labute approximate surface area is 124 Å². The molecule has 0 saturated heterocycles. The van der Waals surface area contributed by atoms with Gasteiger partial charge in [-0.15, -0.1) is 6.42 Å². The van der Waals surface area contributed by atoms with Gasteiger partial charge in [-0.3, -0.25) is 4.79 Å². The minimum absolute atomic E-state index is 0.208. The number of nitrogens with one attached hydrogen (secondary N) is 1. The number of anilines is 1. The Morgan fingerprint density at radius 2 is 2.00 bits per heavy atom. The van der Waals surface area contributed by atoms with Crippen molar-refractivity contribution in [2.45, 2.75) is 0 Å². The average molecular weight is 277 g/mol. The molecule has 0 aliphatic heterocycles. The van der Waals surface area contributed by atoms with E-state index in [4.69, 9.17) is 11.2 Å². The minimum atomic E-state index is -0.208. The Morgan fingerprint density at radius 1 is 1.24 bits per heavy atom. The SMILES string of the molecule is C#Cc1cccc(NC(=O)/C=C\c2ccc(OC)cc2)c1. The molecule has 1 N–H and O–H groups in total. The van der Waals surface area contributed by atoms with Crippen LogP contribution in [0.5, 0.6) is 5.75 Å². The first-order valence-electron chi connectivity index (χ1n) is 6.41. The summed E-state index contributed by atoms with van der Waals surface area (Å²) in [5, 5.41) is 2.76. The fraction of sp³-hybridized carbons (Fsp3) is 0.0556. The molecule has 0 bridgehead atoms. The zero-order valence-electron chi connectivity index (χ0n) is 11.7. The van der Waals surface area contributed by atoms with Gasteiger partial charge in [0.1, 0.15) is 5.75 Å². The summed E-state index contributed by atoms with van der Waals surface area (Å²) in [6.07, 6.45) is 8.53. The summed E-state index contributed by atoms with van der Waals surface area (Å²) in [7, 11) is 1.61. The van der Waals surface area contributed by atoms with Crippen LogP contribution in [-0.4, -0.2) is 13.0 Å². The Bertz CT molecular complexity index is 694.